The molecule has 0 heterocycles. The number of amides is 1. The van der Waals surface area contributed by atoms with Gasteiger partial charge in [-0.15, -0.1) is 0 Å². The molecule has 1 atom stereocenters. The minimum Gasteiger partial charge on any atom is -0.353 e. The van der Waals surface area contributed by atoms with Crippen LogP contribution in [0.15, 0.2) is 0 Å². The predicted octanol–water partition coefficient (Wildman–Crippen LogP) is 2.64. The van der Waals surface area contributed by atoms with E-state index in [1.54, 1.807) is 0 Å². The average molecular weight is 307 g/mol. The summed E-state index contributed by atoms with van der Waals surface area (Å²) in [5, 5.41) is 3.03. The number of carbonyl (C=O) groups is 1. The van der Waals surface area contributed by atoms with E-state index in [9.17, 15) is 4.79 Å². The Labute approximate surface area is 114 Å². The molecular weight excluding hydrogens is 280 g/mol. The molecule has 0 aromatic carbocycles. The van der Waals surface area contributed by atoms with Gasteiger partial charge in [0.2, 0.25) is 5.91 Å². The number of rotatable bonds is 7. The van der Waals surface area contributed by atoms with Crippen molar-refractivity contribution in [3.05, 3.63) is 0 Å². The van der Waals surface area contributed by atoms with Gasteiger partial charge in [-0.2, -0.15) is 0 Å². The van der Waals surface area contributed by atoms with Crippen LogP contribution in [0.25, 0.3) is 0 Å². The Morgan fingerprint density at radius 3 is 2.06 bits per heavy atom. The van der Waals surface area contributed by atoms with Gasteiger partial charge in [-0.1, -0.05) is 42.6 Å². The Balaban J connectivity index is 4.43. The number of carbonyl (C=O) groups excluding carboxylic acids is 1. The van der Waals surface area contributed by atoms with E-state index in [0.29, 0.717) is 18.5 Å². The van der Waals surface area contributed by atoms with E-state index >= 15 is 0 Å². The topological polar surface area (TPSA) is 32.3 Å². The lowest BCUT2D eigenvalue weighted by atomic mass is 9.93. The van der Waals surface area contributed by atoms with Crippen LogP contribution < -0.4 is 5.32 Å². The van der Waals surface area contributed by atoms with Crippen LogP contribution in [0.1, 0.15) is 40.5 Å². The molecule has 0 radical (unpaired) electrons. The van der Waals surface area contributed by atoms with Crippen LogP contribution in [0.2, 0.25) is 0 Å². The Kier molecular flexibility index (Phi) is 7.33. The quantitative estimate of drug-likeness (QED) is 0.733. The van der Waals surface area contributed by atoms with Crippen molar-refractivity contribution < 1.29 is 4.79 Å². The summed E-state index contributed by atoms with van der Waals surface area (Å²) >= 11 is 3.38. The van der Waals surface area contributed by atoms with Crippen molar-refractivity contribution in [3.8, 4) is 0 Å². The number of nitrogens with zero attached hydrogens (tertiary/aromatic N) is 1. The molecular formula is C13H27BrN2O. The molecule has 0 saturated heterocycles. The van der Waals surface area contributed by atoms with Gasteiger partial charge in [0.1, 0.15) is 0 Å². The highest BCUT2D eigenvalue weighted by Crippen LogP contribution is 2.18. The molecule has 0 bridgehead atoms. The molecule has 17 heavy (non-hydrogen) atoms. The van der Waals surface area contributed by atoms with Crippen LogP contribution in [0.4, 0.5) is 0 Å². The number of halogens is 1. The minimum absolute atomic E-state index is 0.0512. The molecule has 0 aliphatic rings. The maximum Gasteiger partial charge on any atom is 0.236 e. The summed E-state index contributed by atoms with van der Waals surface area (Å²) < 4.78 is -0.488. The Hall–Kier alpha value is -0.0900. The van der Waals surface area contributed by atoms with E-state index < -0.39 is 4.32 Å². The first-order valence-corrected chi connectivity index (χ1v) is 7.16. The lowest BCUT2D eigenvalue weighted by molar-refractivity contribution is -0.122. The zero-order valence-corrected chi connectivity index (χ0v) is 13.6. The fraction of sp³-hybridized carbons (Fsp3) is 0.923. The molecule has 0 aliphatic heterocycles. The lowest BCUT2D eigenvalue weighted by Crippen LogP contribution is -2.48. The summed E-state index contributed by atoms with van der Waals surface area (Å²) in [5.74, 6) is 0.680. The fourth-order valence-corrected chi connectivity index (χ4v) is 2.15. The van der Waals surface area contributed by atoms with Crippen LogP contribution in [-0.2, 0) is 4.79 Å². The molecule has 0 aliphatic carbocycles. The molecule has 102 valence electrons. The van der Waals surface area contributed by atoms with E-state index in [4.69, 9.17) is 0 Å². The second-order valence-corrected chi connectivity index (χ2v) is 7.27. The van der Waals surface area contributed by atoms with Gasteiger partial charge in [0, 0.05) is 12.6 Å². The van der Waals surface area contributed by atoms with Crippen molar-refractivity contribution in [3.63, 3.8) is 0 Å². The lowest BCUT2D eigenvalue weighted by Gasteiger charge is -2.32. The third-order valence-corrected chi connectivity index (χ3v) is 3.63. The molecule has 0 fully saturated rings. The first-order chi connectivity index (χ1) is 7.73. The molecule has 0 aromatic heterocycles. The standard InChI is InChI=1S/C13H27BrN2O/c1-7-10(8-2)11(16(5)6)9-15-12(17)13(3,4)14/h10-11H,7-9H2,1-6H3,(H,15,17). The zero-order valence-electron chi connectivity index (χ0n) is 12.0. The van der Waals surface area contributed by atoms with Crippen molar-refractivity contribution in [2.24, 2.45) is 5.92 Å². The summed E-state index contributed by atoms with van der Waals surface area (Å²) in [6.07, 6.45) is 2.29. The van der Waals surface area contributed by atoms with E-state index in [1.807, 2.05) is 13.8 Å². The first kappa shape index (κ1) is 16.9. The van der Waals surface area contributed by atoms with Crippen molar-refractivity contribution in [1.82, 2.24) is 10.2 Å². The summed E-state index contributed by atoms with van der Waals surface area (Å²) in [6.45, 7) is 8.86. The first-order valence-electron chi connectivity index (χ1n) is 6.37. The molecule has 0 spiro atoms. The maximum absolute atomic E-state index is 11.8. The number of likely N-dealkylation sites (N-methyl/N-ethyl adjacent to an activating group) is 1. The molecule has 0 rings (SSSR count). The van der Waals surface area contributed by atoms with Gasteiger partial charge in [-0.25, -0.2) is 0 Å². The van der Waals surface area contributed by atoms with Gasteiger partial charge < -0.3 is 10.2 Å². The van der Waals surface area contributed by atoms with E-state index in [-0.39, 0.29) is 5.91 Å². The van der Waals surface area contributed by atoms with Crippen molar-refractivity contribution in [1.29, 1.82) is 0 Å². The molecule has 1 N–H and O–H groups in total. The summed E-state index contributed by atoms with van der Waals surface area (Å²) in [4.78, 5) is 14.0. The predicted molar refractivity (Wildman–Crippen MR) is 77.6 cm³/mol. The van der Waals surface area contributed by atoms with E-state index in [0.717, 1.165) is 12.8 Å². The SMILES string of the molecule is CCC(CC)C(CNC(=O)C(C)(C)Br)N(C)C. The Morgan fingerprint density at radius 1 is 1.29 bits per heavy atom. The van der Waals surface area contributed by atoms with Gasteiger partial charge in [-0.05, 0) is 33.9 Å². The van der Waals surface area contributed by atoms with E-state index in [2.05, 4.69) is 54.1 Å². The molecule has 3 nitrogen and oxygen atoms in total. The molecule has 0 aromatic rings. The highest BCUT2D eigenvalue weighted by molar-refractivity contribution is 9.10. The number of nitrogens with one attached hydrogen (secondary N) is 1. The normalized spacial score (nSPS) is 14.2. The second kappa shape index (κ2) is 7.37. The second-order valence-electron chi connectivity index (χ2n) is 5.29. The van der Waals surface area contributed by atoms with Gasteiger partial charge in [-0.3, -0.25) is 4.79 Å². The molecule has 1 amide bonds. The van der Waals surface area contributed by atoms with Crippen LogP contribution in [0.5, 0.6) is 0 Å². The Morgan fingerprint density at radius 2 is 1.76 bits per heavy atom. The number of hydrogen-bond acceptors (Lipinski definition) is 2. The monoisotopic (exact) mass is 306 g/mol. The average Bonchev–Trinajstić information content (AvgIpc) is 2.21. The third-order valence-electron chi connectivity index (χ3n) is 3.27. The third kappa shape index (κ3) is 5.87. The van der Waals surface area contributed by atoms with Crippen LogP contribution in [-0.4, -0.2) is 41.8 Å². The summed E-state index contributed by atoms with van der Waals surface area (Å²) in [7, 11) is 4.16. The molecule has 1 unspecified atom stereocenters. The van der Waals surface area contributed by atoms with Crippen LogP contribution in [0.3, 0.4) is 0 Å². The fourth-order valence-electron chi connectivity index (χ4n) is 2.01. The van der Waals surface area contributed by atoms with Crippen molar-refractivity contribution in [2.45, 2.75) is 50.9 Å². The smallest absolute Gasteiger partial charge is 0.236 e. The van der Waals surface area contributed by atoms with Crippen molar-refractivity contribution >= 4 is 21.8 Å². The molecule has 4 heteroatoms. The van der Waals surface area contributed by atoms with Gasteiger partial charge in [0.15, 0.2) is 0 Å². The number of hydrogen-bond donors (Lipinski definition) is 1. The van der Waals surface area contributed by atoms with Gasteiger partial charge >= 0.3 is 0 Å². The van der Waals surface area contributed by atoms with Crippen LogP contribution >= 0.6 is 15.9 Å². The van der Waals surface area contributed by atoms with Crippen LogP contribution in [0, 0.1) is 5.92 Å². The number of alkyl halides is 1. The molecule has 0 saturated carbocycles. The summed E-state index contributed by atoms with van der Waals surface area (Å²) in [6, 6.07) is 0.406. The highest BCUT2D eigenvalue weighted by Gasteiger charge is 2.26. The minimum atomic E-state index is -0.488. The van der Waals surface area contributed by atoms with Gasteiger partial charge in [0.25, 0.3) is 0 Å². The maximum atomic E-state index is 11.8. The van der Waals surface area contributed by atoms with Gasteiger partial charge in [0.05, 0.1) is 4.32 Å². The largest absolute Gasteiger partial charge is 0.353 e. The van der Waals surface area contributed by atoms with Crippen molar-refractivity contribution in [2.75, 3.05) is 20.6 Å². The Bertz CT molecular complexity index is 232. The highest BCUT2D eigenvalue weighted by atomic mass is 79.9. The van der Waals surface area contributed by atoms with E-state index in [1.165, 1.54) is 0 Å². The zero-order chi connectivity index (χ0) is 13.6. The summed E-state index contributed by atoms with van der Waals surface area (Å²) in [5.41, 5.74) is 0.